The summed E-state index contributed by atoms with van der Waals surface area (Å²) in [7, 11) is 0. The molecule has 9 aromatic carbocycles. The van der Waals surface area contributed by atoms with Crippen molar-refractivity contribution in [1.82, 2.24) is 4.57 Å². The average molecular weight is 674 g/mol. The minimum atomic E-state index is -0.0544. The highest BCUT2D eigenvalue weighted by Gasteiger charge is 2.31. The van der Waals surface area contributed by atoms with E-state index < -0.39 is 0 Å². The highest BCUT2D eigenvalue weighted by Crippen LogP contribution is 2.58. The Morgan fingerprint density at radius 2 is 0.792 bits per heavy atom. The number of nitrogens with zero attached hydrogens (tertiary/aromatic N) is 1. The molecule has 0 N–H and O–H groups in total. The Morgan fingerprint density at radius 3 is 1.42 bits per heavy atom. The molecule has 1 aliphatic rings. The summed E-state index contributed by atoms with van der Waals surface area (Å²) in [6.45, 7) is 4.45. The molecule has 11 rings (SSSR count). The van der Waals surface area contributed by atoms with Gasteiger partial charge in [0, 0.05) is 27.2 Å². The van der Waals surface area contributed by atoms with Crippen LogP contribution in [0.4, 0.5) is 0 Å². The predicted octanol–water partition coefficient (Wildman–Crippen LogP) is 12.2. The van der Waals surface area contributed by atoms with E-state index in [0.29, 0.717) is 10.7 Å². The SMILES string of the molecule is C=c1c2cccc3c(-c4ccc5c6c(cccc46)-c4c-5c(-c5ccccc5)c5ccccc5c4-c4ccccc4)ccc(c(=O)n1-c1ccccc1)c32. The summed E-state index contributed by atoms with van der Waals surface area (Å²) >= 11 is 0. The van der Waals surface area contributed by atoms with Crippen LogP contribution in [-0.2, 0) is 0 Å². The summed E-state index contributed by atoms with van der Waals surface area (Å²) in [5.74, 6) is 0. The largest absolute Gasteiger partial charge is 0.277 e. The van der Waals surface area contributed by atoms with Gasteiger partial charge in [-0.3, -0.25) is 9.36 Å². The number of fused-ring (bicyclic) bond motifs is 4. The van der Waals surface area contributed by atoms with Crippen molar-refractivity contribution in [2.75, 3.05) is 0 Å². The van der Waals surface area contributed by atoms with Gasteiger partial charge < -0.3 is 0 Å². The fraction of sp³-hybridized carbons (Fsp3) is 0. The van der Waals surface area contributed by atoms with E-state index in [4.69, 9.17) is 0 Å². The zero-order valence-electron chi connectivity index (χ0n) is 28.8. The molecule has 0 aliphatic heterocycles. The first-order valence-corrected chi connectivity index (χ1v) is 18.1. The van der Waals surface area contributed by atoms with E-state index in [9.17, 15) is 4.79 Å². The van der Waals surface area contributed by atoms with E-state index >= 15 is 0 Å². The van der Waals surface area contributed by atoms with Crippen molar-refractivity contribution in [1.29, 1.82) is 0 Å². The molecule has 0 unspecified atom stereocenters. The molecule has 246 valence electrons. The summed E-state index contributed by atoms with van der Waals surface area (Å²) in [5.41, 5.74) is 13.0. The molecule has 1 aliphatic carbocycles. The van der Waals surface area contributed by atoms with Crippen LogP contribution < -0.4 is 10.9 Å². The van der Waals surface area contributed by atoms with Gasteiger partial charge >= 0.3 is 0 Å². The van der Waals surface area contributed by atoms with Crippen molar-refractivity contribution in [3.05, 3.63) is 192 Å². The van der Waals surface area contributed by atoms with E-state index in [-0.39, 0.29) is 5.56 Å². The van der Waals surface area contributed by atoms with E-state index in [1.54, 1.807) is 4.57 Å². The smallest absolute Gasteiger partial charge is 0.263 e. The number of para-hydroxylation sites is 1. The van der Waals surface area contributed by atoms with Crippen LogP contribution in [0.15, 0.2) is 181 Å². The monoisotopic (exact) mass is 673 g/mol. The molecular weight excluding hydrogens is 643 g/mol. The van der Waals surface area contributed by atoms with Crippen LogP contribution >= 0.6 is 0 Å². The van der Waals surface area contributed by atoms with Gasteiger partial charge in [-0.25, -0.2) is 0 Å². The maximum Gasteiger partial charge on any atom is 0.263 e. The molecule has 0 radical (unpaired) electrons. The standard InChI is InChI=1S/C51H31NO/c1-31-35-23-13-24-38-37(28-30-44(47(35)38)51(53)52(31)34-19-9-4-10-20-34)36-27-29-43-48-39(36)25-14-26-42(48)49-45(32-15-5-2-6-16-32)40-21-11-12-22-41(40)46(50(43)49)33-17-7-3-8-18-33/h2-30H,1H2. The zero-order valence-corrected chi connectivity index (χ0v) is 28.8. The maximum absolute atomic E-state index is 14.2. The lowest BCUT2D eigenvalue weighted by atomic mass is 9.82. The second-order valence-corrected chi connectivity index (χ2v) is 14.0. The highest BCUT2D eigenvalue weighted by atomic mass is 16.1. The number of hydrogen-bond acceptors (Lipinski definition) is 1. The molecule has 1 heterocycles. The molecule has 0 bridgehead atoms. The van der Waals surface area contributed by atoms with Gasteiger partial charge in [-0.15, -0.1) is 0 Å². The zero-order chi connectivity index (χ0) is 35.2. The van der Waals surface area contributed by atoms with Crippen molar-refractivity contribution < 1.29 is 0 Å². The van der Waals surface area contributed by atoms with Crippen LogP contribution in [-0.4, -0.2) is 4.57 Å². The minimum absolute atomic E-state index is 0.0544. The number of hydrogen-bond donors (Lipinski definition) is 0. The second kappa shape index (κ2) is 11.2. The number of aromatic nitrogens is 1. The second-order valence-electron chi connectivity index (χ2n) is 14.0. The van der Waals surface area contributed by atoms with Crippen LogP contribution in [0.1, 0.15) is 0 Å². The van der Waals surface area contributed by atoms with Crippen molar-refractivity contribution in [2.45, 2.75) is 0 Å². The maximum atomic E-state index is 14.2. The molecule has 0 spiro atoms. The van der Waals surface area contributed by atoms with Gasteiger partial charge in [0.05, 0.1) is 0 Å². The summed E-state index contributed by atoms with van der Waals surface area (Å²) in [5, 5.41) is 9.35. The van der Waals surface area contributed by atoms with Crippen LogP contribution in [0.5, 0.6) is 0 Å². The Labute approximate surface area is 306 Å². The molecule has 53 heavy (non-hydrogen) atoms. The quantitative estimate of drug-likeness (QED) is 0.182. The van der Waals surface area contributed by atoms with Crippen LogP contribution in [0.25, 0.3) is 111 Å². The Balaban J connectivity index is 1.23. The van der Waals surface area contributed by atoms with Gasteiger partial charge in [0.1, 0.15) is 0 Å². The minimum Gasteiger partial charge on any atom is -0.277 e. The third-order valence-electron chi connectivity index (χ3n) is 11.3. The molecule has 10 aromatic rings. The normalized spacial score (nSPS) is 11.9. The van der Waals surface area contributed by atoms with Crippen LogP contribution in [0.3, 0.4) is 0 Å². The van der Waals surface area contributed by atoms with Crippen molar-refractivity contribution in [3.63, 3.8) is 0 Å². The first-order chi connectivity index (χ1) is 26.2. The third-order valence-corrected chi connectivity index (χ3v) is 11.3. The topological polar surface area (TPSA) is 22.0 Å². The van der Waals surface area contributed by atoms with Crippen LogP contribution in [0, 0.1) is 0 Å². The fourth-order valence-corrected chi connectivity index (χ4v) is 9.12. The number of pyridine rings is 1. The van der Waals surface area contributed by atoms with Crippen LogP contribution in [0.2, 0.25) is 0 Å². The molecule has 0 atom stereocenters. The molecular formula is C51H31NO. The molecule has 2 nitrogen and oxygen atoms in total. The lowest BCUT2D eigenvalue weighted by Crippen LogP contribution is -2.31. The predicted molar refractivity (Wildman–Crippen MR) is 224 cm³/mol. The van der Waals surface area contributed by atoms with Crippen molar-refractivity contribution in [2.24, 2.45) is 0 Å². The van der Waals surface area contributed by atoms with E-state index in [2.05, 4.69) is 146 Å². The molecule has 0 saturated heterocycles. The Bertz CT molecular complexity index is 3110. The van der Waals surface area contributed by atoms with E-state index in [1.165, 1.54) is 66.1 Å². The first kappa shape index (κ1) is 29.7. The first-order valence-electron chi connectivity index (χ1n) is 18.1. The highest BCUT2D eigenvalue weighted by molar-refractivity contribution is 6.29. The van der Waals surface area contributed by atoms with E-state index in [0.717, 1.165) is 33.0 Å². The van der Waals surface area contributed by atoms with Gasteiger partial charge in [-0.1, -0.05) is 164 Å². The summed E-state index contributed by atoms with van der Waals surface area (Å²) in [4.78, 5) is 14.2. The molecule has 0 fully saturated rings. The average Bonchev–Trinajstić information content (AvgIpc) is 3.55. The fourth-order valence-electron chi connectivity index (χ4n) is 9.12. The Hall–Kier alpha value is -7.03. The van der Waals surface area contributed by atoms with Gasteiger partial charge in [0.25, 0.3) is 5.56 Å². The number of benzene rings is 9. The molecule has 0 saturated carbocycles. The van der Waals surface area contributed by atoms with Gasteiger partial charge in [-0.2, -0.15) is 0 Å². The molecule has 1 aromatic heterocycles. The number of rotatable bonds is 4. The van der Waals surface area contributed by atoms with Crippen molar-refractivity contribution in [3.8, 4) is 61.3 Å². The van der Waals surface area contributed by atoms with Gasteiger partial charge in [0.2, 0.25) is 0 Å². The summed E-state index contributed by atoms with van der Waals surface area (Å²) < 4.78 is 1.74. The molecule has 0 amide bonds. The van der Waals surface area contributed by atoms with E-state index in [1.807, 2.05) is 36.4 Å². The Morgan fingerprint density at radius 1 is 0.340 bits per heavy atom. The van der Waals surface area contributed by atoms with Gasteiger partial charge in [-0.05, 0) is 101 Å². The third kappa shape index (κ3) is 4.12. The lowest BCUT2D eigenvalue weighted by Gasteiger charge is -2.20. The summed E-state index contributed by atoms with van der Waals surface area (Å²) in [6.07, 6.45) is 0. The van der Waals surface area contributed by atoms with Crippen molar-refractivity contribution >= 4 is 49.7 Å². The summed E-state index contributed by atoms with van der Waals surface area (Å²) in [6, 6.07) is 62.3. The van der Waals surface area contributed by atoms with Gasteiger partial charge in [0.15, 0.2) is 0 Å². The molecule has 2 heteroatoms. The Kier molecular flexibility index (Phi) is 6.29. The lowest BCUT2D eigenvalue weighted by molar-refractivity contribution is 0.980.